The minimum atomic E-state index is -0.237. The van der Waals surface area contributed by atoms with Crippen LogP contribution in [0.1, 0.15) is 24.8 Å². The normalized spacial score (nSPS) is 12.6. The fourth-order valence-corrected chi connectivity index (χ4v) is 2.90. The molecule has 0 radical (unpaired) electrons. The van der Waals surface area contributed by atoms with E-state index < -0.39 is 0 Å². The maximum Gasteiger partial charge on any atom is 0.218 e. The van der Waals surface area contributed by atoms with E-state index in [1.54, 1.807) is 13.2 Å². The molecule has 1 heterocycles. The lowest BCUT2D eigenvalue weighted by Crippen LogP contribution is -2.04. The van der Waals surface area contributed by atoms with Crippen LogP contribution >= 0.6 is 11.6 Å². The Hall–Kier alpha value is -2.13. The van der Waals surface area contributed by atoms with Crippen LogP contribution < -0.4 is 4.74 Å². The topological polar surface area (TPSA) is 22.1 Å². The number of methoxy groups -OCH3 is 1. The van der Waals surface area contributed by atoms with E-state index >= 15 is 0 Å². The Morgan fingerprint density at radius 1 is 1.08 bits per heavy atom. The van der Waals surface area contributed by atoms with E-state index in [9.17, 15) is 4.39 Å². The molecule has 0 N–H and O–H groups in total. The lowest BCUT2D eigenvalue weighted by atomic mass is 10.0. The third-order valence-corrected chi connectivity index (χ3v) is 4.83. The van der Waals surface area contributed by atoms with E-state index in [1.165, 1.54) is 6.07 Å². The first-order valence-corrected chi connectivity index (χ1v) is 8.32. The second-order valence-electron chi connectivity index (χ2n) is 6.12. The average molecular weight is 344 g/mol. The van der Waals surface area contributed by atoms with Gasteiger partial charge in [-0.25, -0.2) is 9.37 Å². The summed E-state index contributed by atoms with van der Waals surface area (Å²) in [6.45, 7) is 4.11. The molecule has 3 aromatic rings. The molecule has 0 amide bonds. The molecule has 3 rings (SSSR count). The number of fused-ring (bicyclic) bond motifs is 1. The summed E-state index contributed by atoms with van der Waals surface area (Å²) in [7, 11) is 1.58. The zero-order valence-corrected chi connectivity index (χ0v) is 14.6. The summed E-state index contributed by atoms with van der Waals surface area (Å²) in [5.41, 5.74) is 2.44. The van der Waals surface area contributed by atoms with Crippen molar-refractivity contribution in [3.63, 3.8) is 0 Å². The molecule has 124 valence electrons. The van der Waals surface area contributed by atoms with Crippen molar-refractivity contribution < 1.29 is 9.13 Å². The molecular weight excluding hydrogens is 325 g/mol. The highest BCUT2D eigenvalue weighted by molar-refractivity contribution is 6.21. The maximum absolute atomic E-state index is 14.0. The molecule has 24 heavy (non-hydrogen) atoms. The van der Waals surface area contributed by atoms with Crippen molar-refractivity contribution in [2.75, 3.05) is 7.11 Å². The molecule has 0 saturated heterocycles. The van der Waals surface area contributed by atoms with Crippen LogP contribution in [0.25, 0.3) is 22.0 Å². The number of aromatic nitrogens is 1. The number of nitrogens with zero attached hydrogens (tertiary/aromatic N) is 1. The van der Waals surface area contributed by atoms with Gasteiger partial charge < -0.3 is 4.74 Å². The van der Waals surface area contributed by atoms with Crippen molar-refractivity contribution in [2.24, 2.45) is 5.92 Å². The van der Waals surface area contributed by atoms with E-state index in [-0.39, 0.29) is 17.1 Å². The summed E-state index contributed by atoms with van der Waals surface area (Å²) in [4.78, 5) is 4.57. The fraction of sp³-hybridized carbons (Fsp3) is 0.250. The second-order valence-corrected chi connectivity index (χ2v) is 6.59. The van der Waals surface area contributed by atoms with Gasteiger partial charge in [0, 0.05) is 16.5 Å². The molecule has 2 nitrogen and oxygen atoms in total. The van der Waals surface area contributed by atoms with Gasteiger partial charge in [-0.15, -0.1) is 11.6 Å². The average Bonchev–Trinajstić information content (AvgIpc) is 2.60. The second kappa shape index (κ2) is 6.78. The summed E-state index contributed by atoms with van der Waals surface area (Å²) in [6.07, 6.45) is 0. The summed E-state index contributed by atoms with van der Waals surface area (Å²) >= 11 is 6.45. The number of rotatable bonds is 4. The number of benzene rings is 2. The zero-order valence-electron chi connectivity index (χ0n) is 13.9. The number of halogens is 2. The molecule has 0 fully saturated rings. The highest BCUT2D eigenvalue weighted by Gasteiger charge is 2.19. The largest absolute Gasteiger partial charge is 0.481 e. The molecule has 4 heteroatoms. The third-order valence-electron chi connectivity index (χ3n) is 4.09. The maximum atomic E-state index is 14.0. The van der Waals surface area contributed by atoms with Crippen LogP contribution in [0.15, 0.2) is 48.5 Å². The number of hydrogen-bond donors (Lipinski definition) is 0. The molecular formula is C20H19ClFNO. The zero-order chi connectivity index (χ0) is 17.3. The number of hydrogen-bond acceptors (Lipinski definition) is 2. The Morgan fingerprint density at radius 2 is 1.88 bits per heavy atom. The Kier molecular flexibility index (Phi) is 4.72. The molecule has 0 bridgehead atoms. The van der Waals surface area contributed by atoms with Gasteiger partial charge in [0.25, 0.3) is 0 Å². The lowest BCUT2D eigenvalue weighted by molar-refractivity contribution is 0.389. The van der Waals surface area contributed by atoms with Crippen molar-refractivity contribution in [3.8, 4) is 17.1 Å². The molecule has 1 unspecified atom stereocenters. The van der Waals surface area contributed by atoms with Crippen LogP contribution in [0, 0.1) is 11.7 Å². The summed E-state index contributed by atoms with van der Waals surface area (Å²) in [6, 6.07) is 14.5. The standard InChI is InChI=1S/C20H19ClFNO/c1-12(2)19(21)15-9-10-18(23-20(15)24-3)14-8-7-13-5-4-6-17(22)16(13)11-14/h4-12,19H,1-3H3. The Balaban J connectivity index is 2.08. The van der Waals surface area contributed by atoms with Gasteiger partial charge in [-0.05, 0) is 35.6 Å². The summed E-state index contributed by atoms with van der Waals surface area (Å²) in [5, 5.41) is 1.27. The van der Waals surface area contributed by atoms with Gasteiger partial charge in [-0.2, -0.15) is 0 Å². The Bertz CT molecular complexity index is 879. The predicted octanol–water partition coefficient (Wildman–Crippen LogP) is 5.99. The molecule has 0 saturated carbocycles. The first kappa shape index (κ1) is 16.7. The van der Waals surface area contributed by atoms with Crippen LogP contribution in [0.3, 0.4) is 0 Å². The number of alkyl halides is 1. The van der Waals surface area contributed by atoms with E-state index in [0.717, 1.165) is 22.2 Å². The van der Waals surface area contributed by atoms with Crippen LogP contribution in [0.4, 0.5) is 4.39 Å². The van der Waals surface area contributed by atoms with Crippen LogP contribution in [-0.4, -0.2) is 12.1 Å². The quantitative estimate of drug-likeness (QED) is 0.543. The summed E-state index contributed by atoms with van der Waals surface area (Å²) < 4.78 is 19.4. The van der Waals surface area contributed by atoms with Crippen LogP contribution in [-0.2, 0) is 0 Å². The fourth-order valence-electron chi connectivity index (χ4n) is 2.74. The van der Waals surface area contributed by atoms with Gasteiger partial charge in [0.1, 0.15) is 5.82 Å². The van der Waals surface area contributed by atoms with Gasteiger partial charge in [0.2, 0.25) is 5.88 Å². The first-order valence-electron chi connectivity index (χ1n) is 7.89. The van der Waals surface area contributed by atoms with Gasteiger partial charge in [-0.3, -0.25) is 0 Å². The van der Waals surface area contributed by atoms with Gasteiger partial charge >= 0.3 is 0 Å². The number of ether oxygens (including phenoxy) is 1. The van der Waals surface area contributed by atoms with Crippen molar-refractivity contribution >= 4 is 22.4 Å². The molecule has 0 aliphatic heterocycles. The highest BCUT2D eigenvalue weighted by atomic mass is 35.5. The Morgan fingerprint density at radius 3 is 2.58 bits per heavy atom. The highest BCUT2D eigenvalue weighted by Crippen LogP contribution is 2.36. The molecule has 0 aliphatic rings. The molecule has 2 aromatic carbocycles. The summed E-state index contributed by atoms with van der Waals surface area (Å²) in [5.74, 6) is 0.538. The van der Waals surface area contributed by atoms with Crippen molar-refractivity contribution in [1.29, 1.82) is 0 Å². The van der Waals surface area contributed by atoms with Gasteiger partial charge in [0.15, 0.2) is 0 Å². The van der Waals surface area contributed by atoms with Crippen molar-refractivity contribution in [3.05, 3.63) is 59.9 Å². The molecule has 0 aliphatic carbocycles. The van der Waals surface area contributed by atoms with E-state index in [1.807, 2.05) is 36.4 Å². The number of pyridine rings is 1. The monoisotopic (exact) mass is 343 g/mol. The first-order chi connectivity index (χ1) is 11.5. The van der Waals surface area contributed by atoms with Crippen LogP contribution in [0.2, 0.25) is 0 Å². The lowest BCUT2D eigenvalue weighted by Gasteiger charge is -2.17. The molecule has 1 aromatic heterocycles. The van der Waals surface area contributed by atoms with Gasteiger partial charge in [0.05, 0.1) is 18.2 Å². The van der Waals surface area contributed by atoms with E-state index in [4.69, 9.17) is 16.3 Å². The predicted molar refractivity (Wildman–Crippen MR) is 97.1 cm³/mol. The minimum absolute atomic E-state index is 0.171. The third kappa shape index (κ3) is 3.09. The van der Waals surface area contributed by atoms with Crippen LogP contribution in [0.5, 0.6) is 5.88 Å². The molecule has 1 atom stereocenters. The SMILES string of the molecule is COc1nc(-c2ccc3cccc(F)c3c2)ccc1C(Cl)C(C)C. The Labute approximate surface area is 146 Å². The van der Waals surface area contributed by atoms with E-state index in [0.29, 0.717) is 11.3 Å². The minimum Gasteiger partial charge on any atom is -0.481 e. The molecule has 0 spiro atoms. The van der Waals surface area contributed by atoms with Crippen molar-refractivity contribution in [2.45, 2.75) is 19.2 Å². The smallest absolute Gasteiger partial charge is 0.218 e. The van der Waals surface area contributed by atoms with Gasteiger partial charge in [-0.1, -0.05) is 38.1 Å². The van der Waals surface area contributed by atoms with E-state index in [2.05, 4.69) is 18.8 Å². The van der Waals surface area contributed by atoms with Crippen molar-refractivity contribution in [1.82, 2.24) is 4.98 Å².